The van der Waals surface area contributed by atoms with Crippen molar-refractivity contribution >= 4 is 6.21 Å². The highest BCUT2D eigenvalue weighted by Gasteiger charge is 1.88. The lowest BCUT2D eigenvalue weighted by Crippen LogP contribution is -1.81. The van der Waals surface area contributed by atoms with Gasteiger partial charge in [-0.25, -0.2) is 0 Å². The van der Waals surface area contributed by atoms with E-state index < -0.39 is 0 Å². The largest absolute Gasteiger partial charge is 0.298 e. The second-order valence-corrected chi connectivity index (χ2v) is 3.59. The first-order chi connectivity index (χ1) is 6.41. The Morgan fingerprint density at radius 1 is 0.846 bits per heavy atom. The lowest BCUT2D eigenvalue weighted by atomic mass is 10.1. The maximum Gasteiger partial charge on any atom is 0.0357 e. The van der Waals surface area contributed by atoms with Crippen LogP contribution in [0.25, 0.3) is 0 Å². The predicted octanol–water partition coefficient (Wildman–Crippen LogP) is 4.22. The molecule has 0 aromatic carbocycles. The topological polar surface area (TPSA) is 12.4 Å². The third-order valence-corrected chi connectivity index (χ3v) is 2.25. The molecule has 0 unspecified atom stereocenters. The van der Waals surface area contributed by atoms with E-state index in [-0.39, 0.29) is 0 Å². The van der Waals surface area contributed by atoms with Crippen molar-refractivity contribution in [2.24, 2.45) is 4.99 Å². The fraction of sp³-hybridized carbons (Fsp3) is 0.917. The van der Waals surface area contributed by atoms with Gasteiger partial charge in [0, 0.05) is 6.54 Å². The van der Waals surface area contributed by atoms with E-state index in [1.165, 1.54) is 51.4 Å². The molecule has 0 atom stereocenters. The Morgan fingerprint density at radius 3 is 2.08 bits per heavy atom. The highest BCUT2D eigenvalue weighted by molar-refractivity contribution is 5.56. The smallest absolute Gasteiger partial charge is 0.0357 e. The van der Waals surface area contributed by atoms with Crippen molar-refractivity contribution < 1.29 is 0 Å². The van der Waals surface area contributed by atoms with Crippen molar-refractivity contribution in [2.75, 3.05) is 6.54 Å². The summed E-state index contributed by atoms with van der Waals surface area (Å²) in [7, 11) is 0. The Morgan fingerprint density at radius 2 is 1.46 bits per heavy atom. The van der Waals surface area contributed by atoms with Crippen LogP contribution in [0.2, 0.25) is 0 Å². The fourth-order valence-electron chi connectivity index (χ4n) is 1.41. The molecule has 0 aliphatic carbocycles. The van der Waals surface area contributed by atoms with Crippen LogP contribution in [0.1, 0.15) is 65.2 Å². The van der Waals surface area contributed by atoms with Gasteiger partial charge in [0.1, 0.15) is 0 Å². The van der Waals surface area contributed by atoms with Crippen molar-refractivity contribution in [1.82, 2.24) is 0 Å². The van der Waals surface area contributed by atoms with Gasteiger partial charge in [-0.1, -0.05) is 45.4 Å². The third-order valence-electron chi connectivity index (χ3n) is 2.25. The van der Waals surface area contributed by atoms with Crippen LogP contribution in [-0.4, -0.2) is 12.8 Å². The van der Waals surface area contributed by atoms with Crippen LogP contribution in [0.3, 0.4) is 0 Å². The number of hydrogen-bond donors (Lipinski definition) is 0. The molecule has 0 fully saturated rings. The van der Waals surface area contributed by atoms with Gasteiger partial charge in [0.15, 0.2) is 0 Å². The van der Waals surface area contributed by atoms with Crippen molar-refractivity contribution in [3.63, 3.8) is 0 Å². The Hall–Kier alpha value is -0.330. The van der Waals surface area contributed by atoms with Crippen LogP contribution in [0.5, 0.6) is 0 Å². The molecular formula is C12H25N. The molecule has 0 heterocycles. The zero-order valence-corrected chi connectivity index (χ0v) is 9.39. The summed E-state index contributed by atoms with van der Waals surface area (Å²) in [6.45, 7) is 5.29. The van der Waals surface area contributed by atoms with Crippen LogP contribution in [0.15, 0.2) is 4.99 Å². The first kappa shape index (κ1) is 12.7. The van der Waals surface area contributed by atoms with Crippen molar-refractivity contribution in [1.29, 1.82) is 0 Å². The molecule has 0 aliphatic heterocycles. The van der Waals surface area contributed by atoms with E-state index in [0.29, 0.717) is 0 Å². The summed E-state index contributed by atoms with van der Waals surface area (Å²) in [5.74, 6) is 0. The third kappa shape index (κ3) is 11.7. The first-order valence-corrected chi connectivity index (χ1v) is 5.90. The summed E-state index contributed by atoms with van der Waals surface area (Å²) in [6, 6.07) is 0. The highest BCUT2D eigenvalue weighted by Crippen LogP contribution is 2.07. The van der Waals surface area contributed by atoms with Crippen molar-refractivity contribution in [3.05, 3.63) is 0 Å². The molecule has 1 nitrogen and oxygen atoms in total. The van der Waals surface area contributed by atoms with Gasteiger partial charge in [-0.15, -0.1) is 0 Å². The molecule has 0 aromatic heterocycles. The van der Waals surface area contributed by atoms with Gasteiger partial charge < -0.3 is 0 Å². The van der Waals surface area contributed by atoms with Gasteiger partial charge in [-0.3, -0.25) is 4.99 Å². The van der Waals surface area contributed by atoms with E-state index in [9.17, 15) is 0 Å². The van der Waals surface area contributed by atoms with E-state index >= 15 is 0 Å². The molecule has 0 bridgehead atoms. The fourth-order valence-corrected chi connectivity index (χ4v) is 1.41. The highest BCUT2D eigenvalue weighted by atomic mass is 14.7. The number of hydrogen-bond acceptors (Lipinski definition) is 1. The molecule has 0 amide bonds. The molecule has 78 valence electrons. The van der Waals surface area contributed by atoms with E-state index in [4.69, 9.17) is 0 Å². The van der Waals surface area contributed by atoms with E-state index in [1.54, 1.807) is 0 Å². The Labute approximate surface area is 83.6 Å². The maximum atomic E-state index is 4.19. The van der Waals surface area contributed by atoms with Crippen LogP contribution in [0.4, 0.5) is 0 Å². The second-order valence-electron chi connectivity index (χ2n) is 3.59. The minimum Gasteiger partial charge on any atom is -0.298 e. The van der Waals surface area contributed by atoms with Crippen molar-refractivity contribution in [2.45, 2.75) is 65.2 Å². The van der Waals surface area contributed by atoms with Crippen molar-refractivity contribution in [3.8, 4) is 0 Å². The van der Waals surface area contributed by atoms with E-state index in [1.807, 2.05) is 0 Å². The number of nitrogens with zero attached hydrogens (tertiary/aromatic N) is 1. The number of unbranched alkanes of at least 4 members (excludes halogenated alkanes) is 7. The average Bonchev–Trinajstić information content (AvgIpc) is 2.16. The Bertz CT molecular complexity index is 108. The maximum absolute atomic E-state index is 4.19. The lowest BCUT2D eigenvalue weighted by Gasteiger charge is -1.98. The Balaban J connectivity index is 2.87. The van der Waals surface area contributed by atoms with Gasteiger partial charge in [0.05, 0.1) is 0 Å². The molecule has 0 aliphatic rings. The standard InChI is InChI=1S/C12H25N/c1-3-5-6-7-8-9-10-11-12-13-4-2/h12H,3-11H2,1-2H3. The second kappa shape index (κ2) is 11.7. The zero-order valence-electron chi connectivity index (χ0n) is 9.39. The van der Waals surface area contributed by atoms with E-state index in [0.717, 1.165) is 6.54 Å². The van der Waals surface area contributed by atoms with Crippen LogP contribution in [0, 0.1) is 0 Å². The minimum absolute atomic E-state index is 0.941. The van der Waals surface area contributed by atoms with Crippen LogP contribution < -0.4 is 0 Å². The summed E-state index contributed by atoms with van der Waals surface area (Å²) in [5.41, 5.74) is 0. The van der Waals surface area contributed by atoms with E-state index in [2.05, 4.69) is 25.1 Å². The number of rotatable bonds is 9. The summed E-state index contributed by atoms with van der Waals surface area (Å²) >= 11 is 0. The Kier molecular flexibility index (Phi) is 11.4. The molecule has 0 rings (SSSR count). The van der Waals surface area contributed by atoms with Crippen LogP contribution >= 0.6 is 0 Å². The molecule has 13 heavy (non-hydrogen) atoms. The van der Waals surface area contributed by atoms with Crippen LogP contribution in [-0.2, 0) is 0 Å². The molecule has 1 heteroatoms. The quantitative estimate of drug-likeness (QED) is 0.375. The van der Waals surface area contributed by atoms with Gasteiger partial charge >= 0.3 is 0 Å². The lowest BCUT2D eigenvalue weighted by molar-refractivity contribution is 0.596. The predicted molar refractivity (Wildman–Crippen MR) is 61.6 cm³/mol. The monoisotopic (exact) mass is 183 g/mol. The first-order valence-electron chi connectivity index (χ1n) is 5.90. The summed E-state index contributed by atoms with van der Waals surface area (Å²) in [5, 5.41) is 0. The number of aliphatic imine (C=N–C) groups is 1. The molecule has 0 radical (unpaired) electrons. The SMILES string of the molecule is CCCCCCCCCC=NCC. The molecule has 0 spiro atoms. The molecule has 0 saturated heterocycles. The zero-order chi connectivity index (χ0) is 9.78. The average molecular weight is 183 g/mol. The molecular weight excluding hydrogens is 158 g/mol. The minimum atomic E-state index is 0.941. The normalized spacial score (nSPS) is 11.2. The summed E-state index contributed by atoms with van der Waals surface area (Å²) in [4.78, 5) is 4.19. The van der Waals surface area contributed by atoms with Gasteiger partial charge in [0.2, 0.25) is 0 Å². The molecule has 0 N–H and O–H groups in total. The molecule has 0 saturated carbocycles. The van der Waals surface area contributed by atoms with Gasteiger partial charge in [-0.05, 0) is 26.0 Å². The summed E-state index contributed by atoms with van der Waals surface area (Å²) < 4.78 is 0. The summed E-state index contributed by atoms with van der Waals surface area (Å²) in [6.07, 6.45) is 13.0. The molecule has 0 aromatic rings. The van der Waals surface area contributed by atoms with Gasteiger partial charge in [0.25, 0.3) is 0 Å². The van der Waals surface area contributed by atoms with Gasteiger partial charge in [-0.2, -0.15) is 0 Å².